The molecule has 4 nitrogen and oxygen atoms in total. The van der Waals surface area contributed by atoms with Gasteiger partial charge >= 0.3 is 0 Å². The van der Waals surface area contributed by atoms with Gasteiger partial charge in [-0.15, -0.1) is 0 Å². The van der Waals surface area contributed by atoms with Crippen molar-refractivity contribution in [1.82, 2.24) is 0 Å². The number of allylic oxidation sites excluding steroid dienone is 2. The van der Waals surface area contributed by atoms with E-state index in [1.165, 1.54) is 5.57 Å². The number of nitrogens with one attached hydrogen (secondary N) is 1. The second-order valence-corrected chi connectivity index (χ2v) is 4.95. The molecule has 0 saturated carbocycles. The van der Waals surface area contributed by atoms with E-state index in [1.54, 1.807) is 14.2 Å². The summed E-state index contributed by atoms with van der Waals surface area (Å²) in [5, 5.41) is 2.91. The molecular formula is C16H21NO3. The zero-order valence-corrected chi connectivity index (χ0v) is 12.4. The molecule has 1 unspecified atom stereocenters. The van der Waals surface area contributed by atoms with E-state index < -0.39 is 0 Å². The van der Waals surface area contributed by atoms with Gasteiger partial charge in [0.15, 0.2) is 0 Å². The molecule has 1 amide bonds. The van der Waals surface area contributed by atoms with Crippen LogP contribution in [0.1, 0.15) is 38.2 Å². The maximum atomic E-state index is 11.9. The highest BCUT2D eigenvalue weighted by Crippen LogP contribution is 2.44. The van der Waals surface area contributed by atoms with Gasteiger partial charge in [0, 0.05) is 30.0 Å². The first-order chi connectivity index (χ1) is 9.60. The van der Waals surface area contributed by atoms with Crippen molar-refractivity contribution < 1.29 is 14.3 Å². The van der Waals surface area contributed by atoms with Crippen LogP contribution in [-0.2, 0) is 4.79 Å². The monoisotopic (exact) mass is 275 g/mol. The molecule has 1 aromatic carbocycles. The van der Waals surface area contributed by atoms with Gasteiger partial charge in [0.25, 0.3) is 0 Å². The first kappa shape index (κ1) is 14.4. The molecule has 20 heavy (non-hydrogen) atoms. The number of ether oxygens (including phenoxy) is 2. The number of hydrogen-bond acceptors (Lipinski definition) is 3. The summed E-state index contributed by atoms with van der Waals surface area (Å²) in [7, 11) is 3.24. The first-order valence-electron chi connectivity index (χ1n) is 6.83. The molecule has 1 atom stereocenters. The third-order valence-electron chi connectivity index (χ3n) is 3.66. The first-order valence-corrected chi connectivity index (χ1v) is 6.83. The van der Waals surface area contributed by atoms with E-state index in [9.17, 15) is 4.79 Å². The summed E-state index contributed by atoms with van der Waals surface area (Å²) in [4.78, 5) is 11.9. The zero-order valence-electron chi connectivity index (χ0n) is 12.4. The number of carbonyl (C=O) groups is 1. The number of methoxy groups -OCH3 is 2. The lowest BCUT2D eigenvalue weighted by Crippen LogP contribution is -2.24. The molecule has 4 heteroatoms. The Morgan fingerprint density at radius 1 is 1.40 bits per heavy atom. The normalized spacial score (nSPS) is 18.3. The third kappa shape index (κ3) is 2.64. The minimum Gasteiger partial charge on any atom is -0.497 e. The van der Waals surface area contributed by atoms with Crippen molar-refractivity contribution in [2.24, 2.45) is 0 Å². The highest BCUT2D eigenvalue weighted by atomic mass is 16.5. The number of benzene rings is 1. The van der Waals surface area contributed by atoms with Crippen LogP contribution >= 0.6 is 0 Å². The molecule has 0 saturated heterocycles. The van der Waals surface area contributed by atoms with Crippen LogP contribution < -0.4 is 14.8 Å². The average molecular weight is 275 g/mol. The summed E-state index contributed by atoms with van der Waals surface area (Å²) in [6.07, 6.45) is 3.58. The fourth-order valence-electron chi connectivity index (χ4n) is 2.69. The van der Waals surface area contributed by atoms with E-state index >= 15 is 0 Å². The van der Waals surface area contributed by atoms with Crippen molar-refractivity contribution >= 4 is 11.6 Å². The van der Waals surface area contributed by atoms with E-state index in [0.29, 0.717) is 12.2 Å². The zero-order chi connectivity index (χ0) is 14.7. The molecule has 2 rings (SSSR count). The van der Waals surface area contributed by atoms with E-state index in [2.05, 4.69) is 25.2 Å². The van der Waals surface area contributed by atoms with Crippen molar-refractivity contribution in [3.05, 3.63) is 29.3 Å². The molecule has 0 spiro atoms. The van der Waals surface area contributed by atoms with Gasteiger partial charge in [0.2, 0.25) is 5.91 Å². The number of carbonyl (C=O) groups excluding carboxylic acids is 1. The lowest BCUT2D eigenvalue weighted by molar-refractivity contribution is -0.116. The van der Waals surface area contributed by atoms with Crippen LogP contribution in [0.2, 0.25) is 0 Å². The van der Waals surface area contributed by atoms with Crippen LogP contribution in [0.4, 0.5) is 5.69 Å². The summed E-state index contributed by atoms with van der Waals surface area (Å²) < 4.78 is 10.7. The minimum atomic E-state index is 0.0293. The maximum absolute atomic E-state index is 11.9. The quantitative estimate of drug-likeness (QED) is 0.856. The number of anilines is 1. The van der Waals surface area contributed by atoms with Crippen molar-refractivity contribution in [1.29, 1.82) is 0 Å². The topological polar surface area (TPSA) is 47.6 Å². The second kappa shape index (κ2) is 5.99. The Balaban J connectivity index is 2.58. The number of amides is 1. The molecule has 0 fully saturated rings. The smallest absolute Gasteiger partial charge is 0.225 e. The number of fused-ring (bicyclic) bond motifs is 1. The molecule has 1 N–H and O–H groups in total. The molecule has 108 valence electrons. The number of rotatable bonds is 4. The van der Waals surface area contributed by atoms with Crippen LogP contribution in [0.3, 0.4) is 0 Å². The molecule has 1 aliphatic heterocycles. The van der Waals surface area contributed by atoms with Crippen molar-refractivity contribution in [2.45, 2.75) is 32.6 Å². The van der Waals surface area contributed by atoms with Crippen LogP contribution in [0.15, 0.2) is 23.8 Å². The summed E-state index contributed by atoms with van der Waals surface area (Å²) in [6.45, 7) is 4.17. The van der Waals surface area contributed by atoms with Gasteiger partial charge in [-0.25, -0.2) is 0 Å². The van der Waals surface area contributed by atoms with Gasteiger partial charge in [-0.2, -0.15) is 0 Å². The molecule has 0 bridgehead atoms. The molecule has 0 radical (unpaired) electrons. The molecule has 1 aromatic rings. The predicted octanol–water partition coefficient (Wildman–Crippen LogP) is 3.49. The lowest BCUT2D eigenvalue weighted by Gasteiger charge is -2.28. The van der Waals surface area contributed by atoms with E-state index in [0.717, 1.165) is 23.4 Å². The number of hydrogen-bond donors (Lipinski definition) is 1. The van der Waals surface area contributed by atoms with Crippen LogP contribution in [0, 0.1) is 0 Å². The molecular weight excluding hydrogens is 254 g/mol. The van der Waals surface area contributed by atoms with Gasteiger partial charge in [-0.1, -0.05) is 18.6 Å². The van der Waals surface area contributed by atoms with Crippen LogP contribution in [0.25, 0.3) is 0 Å². The molecule has 0 aromatic heterocycles. The van der Waals surface area contributed by atoms with Gasteiger partial charge in [-0.05, 0) is 13.3 Å². The standard InChI is InChI=1S/C16H21NO3/c1-5-6-10(2)12-9-15(18)17-13-7-11(19-3)8-14(20-4)16(12)13/h6-8,12H,5,9H2,1-4H3,(H,17,18)/b10-6+. The van der Waals surface area contributed by atoms with E-state index in [-0.39, 0.29) is 11.8 Å². The Morgan fingerprint density at radius 3 is 2.75 bits per heavy atom. The molecule has 1 heterocycles. The Bertz CT molecular complexity index is 549. The van der Waals surface area contributed by atoms with Crippen LogP contribution in [-0.4, -0.2) is 20.1 Å². The van der Waals surface area contributed by atoms with Gasteiger partial charge in [-0.3, -0.25) is 4.79 Å². The second-order valence-electron chi connectivity index (χ2n) is 4.95. The SMILES string of the molecule is CC/C=C(\C)C1CC(=O)Nc2cc(OC)cc(OC)c21. The van der Waals surface area contributed by atoms with Crippen LogP contribution in [0.5, 0.6) is 11.5 Å². The Hall–Kier alpha value is -1.97. The van der Waals surface area contributed by atoms with Gasteiger partial charge in [0.1, 0.15) is 11.5 Å². The summed E-state index contributed by atoms with van der Waals surface area (Å²) >= 11 is 0. The summed E-state index contributed by atoms with van der Waals surface area (Å²) in [6, 6.07) is 3.71. The van der Waals surface area contributed by atoms with Gasteiger partial charge < -0.3 is 14.8 Å². The van der Waals surface area contributed by atoms with Crippen molar-refractivity contribution in [2.75, 3.05) is 19.5 Å². The van der Waals surface area contributed by atoms with Gasteiger partial charge in [0.05, 0.1) is 19.9 Å². The highest BCUT2D eigenvalue weighted by Gasteiger charge is 2.30. The molecule has 1 aliphatic rings. The average Bonchev–Trinajstić information content (AvgIpc) is 2.44. The van der Waals surface area contributed by atoms with E-state index in [4.69, 9.17) is 9.47 Å². The fourth-order valence-corrected chi connectivity index (χ4v) is 2.69. The Morgan fingerprint density at radius 2 is 2.15 bits per heavy atom. The summed E-state index contributed by atoms with van der Waals surface area (Å²) in [5.41, 5.74) is 3.02. The Kier molecular flexibility index (Phi) is 4.32. The fraction of sp³-hybridized carbons (Fsp3) is 0.438. The Labute approximate surface area is 119 Å². The van der Waals surface area contributed by atoms with E-state index in [1.807, 2.05) is 12.1 Å². The third-order valence-corrected chi connectivity index (χ3v) is 3.66. The van der Waals surface area contributed by atoms with Crippen molar-refractivity contribution in [3.8, 4) is 11.5 Å². The highest BCUT2D eigenvalue weighted by molar-refractivity contribution is 5.96. The predicted molar refractivity (Wildman–Crippen MR) is 79.6 cm³/mol. The minimum absolute atomic E-state index is 0.0293. The largest absolute Gasteiger partial charge is 0.497 e. The molecule has 0 aliphatic carbocycles. The summed E-state index contributed by atoms with van der Waals surface area (Å²) in [5.74, 6) is 1.54. The van der Waals surface area contributed by atoms with Crippen molar-refractivity contribution in [3.63, 3.8) is 0 Å². The maximum Gasteiger partial charge on any atom is 0.225 e. The lowest BCUT2D eigenvalue weighted by atomic mass is 9.84.